The summed E-state index contributed by atoms with van der Waals surface area (Å²) in [4.78, 5) is 1.20. The van der Waals surface area contributed by atoms with Crippen molar-refractivity contribution >= 4 is 39.7 Å². The molecular formula is C14H12ClN3OS. The summed E-state index contributed by atoms with van der Waals surface area (Å²) in [6.45, 7) is 0.782. The standard InChI is InChI=1S/C14H12ClN3OS/c15-13-4-2-11(20-13)8-18-6-5-9-7-10(14(16)17-19)1-3-12(9)18/h1-7,19H,8H2,(H2,16,17). The molecule has 2 aromatic heterocycles. The second kappa shape index (κ2) is 5.19. The molecule has 0 atom stereocenters. The molecule has 0 saturated carbocycles. The van der Waals surface area contributed by atoms with Crippen LogP contribution in [-0.4, -0.2) is 15.6 Å². The molecule has 1 aromatic carbocycles. The zero-order valence-corrected chi connectivity index (χ0v) is 12.0. The van der Waals surface area contributed by atoms with E-state index in [1.54, 1.807) is 11.3 Å². The predicted octanol–water partition coefficient (Wildman–Crippen LogP) is 3.50. The van der Waals surface area contributed by atoms with Crippen LogP contribution in [0.4, 0.5) is 0 Å². The lowest BCUT2D eigenvalue weighted by Crippen LogP contribution is -2.12. The lowest BCUT2D eigenvalue weighted by Gasteiger charge is -2.04. The molecule has 2 heterocycles. The summed E-state index contributed by atoms with van der Waals surface area (Å²) in [7, 11) is 0. The van der Waals surface area contributed by atoms with Crippen LogP contribution in [0.25, 0.3) is 10.9 Å². The number of rotatable bonds is 3. The number of thiophene rings is 1. The van der Waals surface area contributed by atoms with Crippen molar-refractivity contribution in [3.05, 3.63) is 57.4 Å². The lowest BCUT2D eigenvalue weighted by molar-refractivity contribution is 0.318. The Morgan fingerprint density at radius 1 is 1.30 bits per heavy atom. The normalized spacial score (nSPS) is 12.2. The number of hydrogen-bond acceptors (Lipinski definition) is 3. The Kier molecular flexibility index (Phi) is 3.38. The summed E-state index contributed by atoms with van der Waals surface area (Å²) in [5.74, 6) is 0.115. The van der Waals surface area contributed by atoms with Crippen molar-refractivity contribution in [2.24, 2.45) is 10.9 Å². The fourth-order valence-corrected chi connectivity index (χ4v) is 3.25. The van der Waals surface area contributed by atoms with Gasteiger partial charge < -0.3 is 15.5 Å². The molecule has 0 aliphatic carbocycles. The van der Waals surface area contributed by atoms with E-state index in [1.807, 2.05) is 42.6 Å². The molecule has 0 aliphatic rings. The fourth-order valence-electron chi connectivity index (χ4n) is 2.16. The molecule has 4 nitrogen and oxygen atoms in total. The quantitative estimate of drug-likeness (QED) is 0.337. The van der Waals surface area contributed by atoms with E-state index in [4.69, 9.17) is 22.5 Å². The highest BCUT2D eigenvalue weighted by atomic mass is 35.5. The predicted molar refractivity (Wildman–Crippen MR) is 82.9 cm³/mol. The molecular weight excluding hydrogens is 294 g/mol. The Bertz CT molecular complexity index is 791. The maximum atomic E-state index is 8.71. The van der Waals surface area contributed by atoms with Gasteiger partial charge in [0.1, 0.15) is 0 Å². The van der Waals surface area contributed by atoms with Crippen LogP contribution in [0.5, 0.6) is 0 Å². The molecule has 3 N–H and O–H groups in total. The van der Waals surface area contributed by atoms with E-state index in [0.717, 1.165) is 21.8 Å². The molecule has 6 heteroatoms. The minimum Gasteiger partial charge on any atom is -0.409 e. The number of fused-ring (bicyclic) bond motifs is 1. The minimum absolute atomic E-state index is 0.115. The van der Waals surface area contributed by atoms with Crippen molar-refractivity contribution in [3.63, 3.8) is 0 Å². The van der Waals surface area contributed by atoms with E-state index in [0.29, 0.717) is 5.56 Å². The largest absolute Gasteiger partial charge is 0.409 e. The summed E-state index contributed by atoms with van der Waals surface area (Å²) in [6, 6.07) is 11.7. The van der Waals surface area contributed by atoms with E-state index in [-0.39, 0.29) is 5.84 Å². The van der Waals surface area contributed by atoms with Gasteiger partial charge in [0, 0.05) is 27.5 Å². The smallest absolute Gasteiger partial charge is 0.170 e. The third-order valence-corrected chi connectivity index (χ3v) is 4.35. The Balaban J connectivity index is 1.97. The number of nitrogens with zero attached hydrogens (tertiary/aromatic N) is 2. The molecule has 0 fully saturated rings. The van der Waals surface area contributed by atoms with Crippen molar-refractivity contribution in [2.75, 3.05) is 0 Å². The van der Waals surface area contributed by atoms with Crippen LogP contribution in [-0.2, 0) is 6.54 Å². The maximum absolute atomic E-state index is 8.71. The first-order valence-electron chi connectivity index (χ1n) is 5.98. The highest BCUT2D eigenvalue weighted by molar-refractivity contribution is 7.16. The number of benzene rings is 1. The van der Waals surface area contributed by atoms with Crippen LogP contribution >= 0.6 is 22.9 Å². The van der Waals surface area contributed by atoms with Gasteiger partial charge in [0.15, 0.2) is 5.84 Å². The third kappa shape index (κ3) is 2.37. The molecule has 0 unspecified atom stereocenters. The van der Waals surface area contributed by atoms with Gasteiger partial charge in [-0.1, -0.05) is 16.8 Å². The number of amidine groups is 1. The van der Waals surface area contributed by atoms with Gasteiger partial charge in [0.25, 0.3) is 0 Å². The van der Waals surface area contributed by atoms with Gasteiger partial charge in [-0.05, 0) is 36.4 Å². The van der Waals surface area contributed by atoms with Crippen LogP contribution in [0.1, 0.15) is 10.4 Å². The van der Waals surface area contributed by atoms with Crippen molar-refractivity contribution < 1.29 is 5.21 Å². The van der Waals surface area contributed by atoms with Gasteiger partial charge in [-0.25, -0.2) is 0 Å². The van der Waals surface area contributed by atoms with Crippen LogP contribution in [0.15, 0.2) is 47.8 Å². The van der Waals surface area contributed by atoms with Gasteiger partial charge in [0.05, 0.1) is 10.9 Å². The minimum atomic E-state index is 0.115. The van der Waals surface area contributed by atoms with Crippen LogP contribution in [0.2, 0.25) is 4.34 Å². The van der Waals surface area contributed by atoms with Crippen molar-refractivity contribution in [1.82, 2.24) is 4.57 Å². The van der Waals surface area contributed by atoms with Gasteiger partial charge in [-0.15, -0.1) is 11.3 Å². The molecule has 20 heavy (non-hydrogen) atoms. The Labute approximate surface area is 124 Å². The monoisotopic (exact) mass is 305 g/mol. The molecule has 3 aromatic rings. The van der Waals surface area contributed by atoms with Crippen molar-refractivity contribution in [3.8, 4) is 0 Å². The third-order valence-electron chi connectivity index (χ3n) is 3.13. The highest BCUT2D eigenvalue weighted by Crippen LogP contribution is 2.24. The number of oxime groups is 1. The van der Waals surface area contributed by atoms with Gasteiger partial charge in [0.2, 0.25) is 0 Å². The van der Waals surface area contributed by atoms with Crippen molar-refractivity contribution in [1.29, 1.82) is 0 Å². The van der Waals surface area contributed by atoms with E-state index in [2.05, 4.69) is 9.72 Å². The van der Waals surface area contributed by atoms with Crippen molar-refractivity contribution in [2.45, 2.75) is 6.54 Å². The number of aromatic nitrogens is 1. The average molecular weight is 306 g/mol. The molecule has 0 radical (unpaired) electrons. The summed E-state index contributed by atoms with van der Waals surface area (Å²) in [5, 5.41) is 12.8. The summed E-state index contributed by atoms with van der Waals surface area (Å²) >= 11 is 7.53. The molecule has 0 amide bonds. The van der Waals surface area contributed by atoms with E-state index in [1.165, 1.54) is 4.88 Å². The van der Waals surface area contributed by atoms with Crippen LogP contribution in [0, 0.1) is 0 Å². The molecule has 3 rings (SSSR count). The maximum Gasteiger partial charge on any atom is 0.170 e. The van der Waals surface area contributed by atoms with Gasteiger partial charge in [-0.3, -0.25) is 0 Å². The number of halogens is 1. The Hall–Kier alpha value is -1.98. The van der Waals surface area contributed by atoms with Gasteiger partial charge in [-0.2, -0.15) is 0 Å². The molecule has 0 spiro atoms. The van der Waals surface area contributed by atoms with E-state index < -0.39 is 0 Å². The first kappa shape index (κ1) is 13.0. The zero-order chi connectivity index (χ0) is 14.1. The van der Waals surface area contributed by atoms with Gasteiger partial charge >= 0.3 is 0 Å². The molecule has 102 valence electrons. The highest BCUT2D eigenvalue weighted by Gasteiger charge is 2.06. The fraction of sp³-hybridized carbons (Fsp3) is 0.0714. The second-order valence-corrected chi connectivity index (χ2v) is 6.21. The van der Waals surface area contributed by atoms with Crippen LogP contribution in [0.3, 0.4) is 0 Å². The second-order valence-electron chi connectivity index (χ2n) is 4.41. The Morgan fingerprint density at radius 3 is 2.85 bits per heavy atom. The van der Waals surface area contributed by atoms with Crippen LogP contribution < -0.4 is 5.73 Å². The first-order chi connectivity index (χ1) is 9.67. The first-order valence-corrected chi connectivity index (χ1v) is 7.18. The SMILES string of the molecule is N/C(=N/O)c1ccc2c(ccn2Cc2ccc(Cl)s2)c1. The van der Waals surface area contributed by atoms with E-state index in [9.17, 15) is 0 Å². The summed E-state index contributed by atoms with van der Waals surface area (Å²) < 4.78 is 2.94. The topological polar surface area (TPSA) is 63.5 Å². The number of hydrogen-bond donors (Lipinski definition) is 2. The Morgan fingerprint density at radius 2 is 2.15 bits per heavy atom. The lowest BCUT2D eigenvalue weighted by atomic mass is 10.1. The molecule has 0 bridgehead atoms. The molecule has 0 aliphatic heterocycles. The summed E-state index contributed by atoms with van der Waals surface area (Å²) in [6.07, 6.45) is 2.02. The average Bonchev–Trinajstić information content (AvgIpc) is 3.05. The zero-order valence-electron chi connectivity index (χ0n) is 10.5. The van der Waals surface area contributed by atoms with E-state index >= 15 is 0 Å². The summed E-state index contributed by atoms with van der Waals surface area (Å²) in [5.41, 5.74) is 7.41. The molecule has 0 saturated heterocycles. The number of nitrogens with two attached hydrogens (primary N) is 1.